The van der Waals surface area contributed by atoms with Gasteiger partial charge in [-0.05, 0) is 29.8 Å². The third-order valence-electron chi connectivity index (χ3n) is 3.78. The van der Waals surface area contributed by atoms with Crippen molar-refractivity contribution in [2.45, 2.75) is 6.54 Å². The Morgan fingerprint density at radius 3 is 2.62 bits per heavy atom. The molecule has 0 saturated carbocycles. The number of nitrogens with zero attached hydrogens (tertiary/aromatic N) is 2. The standard InChI is InChI=1S/C17H17F2N3O2/c18-14-3-2-13(9-15(14)19)17(23)21-11-12-1-4-16(20-10-12)22-5-7-24-8-6-22/h1-4,9-10H,5-8,11H2,(H,21,23). The molecular weight excluding hydrogens is 316 g/mol. The van der Waals surface area contributed by atoms with Crippen LogP contribution in [0, 0.1) is 11.6 Å². The Morgan fingerprint density at radius 1 is 1.17 bits per heavy atom. The van der Waals surface area contributed by atoms with Crippen LogP contribution in [0.5, 0.6) is 0 Å². The summed E-state index contributed by atoms with van der Waals surface area (Å²) in [5.41, 5.74) is 0.898. The Kier molecular flexibility index (Phi) is 5.00. The average molecular weight is 333 g/mol. The molecule has 1 N–H and O–H groups in total. The van der Waals surface area contributed by atoms with Gasteiger partial charge in [0.1, 0.15) is 5.82 Å². The molecule has 126 valence electrons. The summed E-state index contributed by atoms with van der Waals surface area (Å²) < 4.78 is 31.3. The molecule has 1 aliphatic rings. The van der Waals surface area contributed by atoms with E-state index in [1.165, 1.54) is 6.07 Å². The highest BCUT2D eigenvalue weighted by Crippen LogP contribution is 2.13. The van der Waals surface area contributed by atoms with Crippen LogP contribution in [0.2, 0.25) is 0 Å². The average Bonchev–Trinajstić information content (AvgIpc) is 2.63. The molecule has 0 atom stereocenters. The van der Waals surface area contributed by atoms with Crippen molar-refractivity contribution in [3.05, 3.63) is 59.3 Å². The molecule has 7 heteroatoms. The van der Waals surface area contributed by atoms with E-state index in [-0.39, 0.29) is 12.1 Å². The van der Waals surface area contributed by atoms with Crippen molar-refractivity contribution in [3.8, 4) is 0 Å². The molecular formula is C17H17F2N3O2. The molecule has 0 unspecified atom stereocenters. The number of pyridine rings is 1. The van der Waals surface area contributed by atoms with Crippen LogP contribution in [0.1, 0.15) is 15.9 Å². The van der Waals surface area contributed by atoms with E-state index in [2.05, 4.69) is 15.2 Å². The van der Waals surface area contributed by atoms with Crippen molar-refractivity contribution in [2.24, 2.45) is 0 Å². The van der Waals surface area contributed by atoms with Gasteiger partial charge in [-0.15, -0.1) is 0 Å². The second-order valence-electron chi connectivity index (χ2n) is 5.44. The third-order valence-corrected chi connectivity index (χ3v) is 3.78. The van der Waals surface area contributed by atoms with E-state index in [0.29, 0.717) is 13.2 Å². The first-order valence-corrected chi connectivity index (χ1v) is 7.64. The Hall–Kier alpha value is -2.54. The van der Waals surface area contributed by atoms with Gasteiger partial charge in [0.15, 0.2) is 11.6 Å². The summed E-state index contributed by atoms with van der Waals surface area (Å²) in [6.45, 7) is 3.24. The zero-order valence-electron chi connectivity index (χ0n) is 13.0. The first-order chi connectivity index (χ1) is 11.6. The molecule has 24 heavy (non-hydrogen) atoms. The molecule has 0 bridgehead atoms. The summed E-state index contributed by atoms with van der Waals surface area (Å²) >= 11 is 0. The van der Waals surface area contributed by atoms with Crippen molar-refractivity contribution >= 4 is 11.7 Å². The van der Waals surface area contributed by atoms with Gasteiger partial charge >= 0.3 is 0 Å². The van der Waals surface area contributed by atoms with Crippen LogP contribution in [0.3, 0.4) is 0 Å². The lowest BCUT2D eigenvalue weighted by molar-refractivity contribution is 0.0950. The van der Waals surface area contributed by atoms with Gasteiger partial charge in [-0.25, -0.2) is 13.8 Å². The maximum atomic E-state index is 13.1. The normalized spacial score (nSPS) is 14.5. The fraction of sp³-hybridized carbons (Fsp3) is 0.294. The van der Waals surface area contributed by atoms with Gasteiger partial charge in [0.05, 0.1) is 13.2 Å². The minimum atomic E-state index is -1.04. The second kappa shape index (κ2) is 7.35. The van der Waals surface area contributed by atoms with E-state index in [1.807, 2.05) is 12.1 Å². The molecule has 2 heterocycles. The van der Waals surface area contributed by atoms with Crippen molar-refractivity contribution in [1.29, 1.82) is 0 Å². The smallest absolute Gasteiger partial charge is 0.251 e. The number of ether oxygens (including phenoxy) is 1. The fourth-order valence-electron chi connectivity index (χ4n) is 2.42. The molecule has 1 fully saturated rings. The molecule has 1 aromatic carbocycles. The lowest BCUT2D eigenvalue weighted by atomic mass is 10.2. The van der Waals surface area contributed by atoms with Gasteiger partial charge in [-0.3, -0.25) is 4.79 Å². The number of amides is 1. The zero-order chi connectivity index (χ0) is 16.9. The van der Waals surface area contributed by atoms with Gasteiger partial charge in [-0.1, -0.05) is 6.07 Å². The number of carbonyl (C=O) groups is 1. The quantitative estimate of drug-likeness (QED) is 0.931. The molecule has 1 aliphatic heterocycles. The van der Waals surface area contributed by atoms with E-state index in [0.717, 1.165) is 36.6 Å². The lowest BCUT2D eigenvalue weighted by Gasteiger charge is -2.27. The van der Waals surface area contributed by atoms with E-state index < -0.39 is 17.5 Å². The van der Waals surface area contributed by atoms with E-state index in [4.69, 9.17) is 4.74 Å². The number of anilines is 1. The summed E-state index contributed by atoms with van der Waals surface area (Å²) in [7, 11) is 0. The Balaban J connectivity index is 1.57. The number of nitrogens with one attached hydrogen (secondary N) is 1. The highest BCUT2D eigenvalue weighted by atomic mass is 19.2. The molecule has 5 nitrogen and oxygen atoms in total. The predicted molar refractivity (Wildman–Crippen MR) is 84.8 cm³/mol. The molecule has 2 aromatic rings. The number of halogens is 2. The molecule has 0 radical (unpaired) electrons. The number of rotatable bonds is 4. The van der Waals surface area contributed by atoms with Crippen LogP contribution in [0.15, 0.2) is 36.5 Å². The summed E-state index contributed by atoms with van der Waals surface area (Å²) in [6.07, 6.45) is 1.69. The Bertz CT molecular complexity index is 716. The lowest BCUT2D eigenvalue weighted by Crippen LogP contribution is -2.36. The predicted octanol–water partition coefficient (Wildman–Crippen LogP) is 2.13. The summed E-state index contributed by atoms with van der Waals surface area (Å²) in [4.78, 5) is 18.5. The molecule has 1 amide bonds. The van der Waals surface area contributed by atoms with Crippen LogP contribution in [0.4, 0.5) is 14.6 Å². The van der Waals surface area contributed by atoms with Gasteiger partial charge in [-0.2, -0.15) is 0 Å². The van der Waals surface area contributed by atoms with E-state index >= 15 is 0 Å². The Labute approximate surface area is 138 Å². The summed E-state index contributed by atoms with van der Waals surface area (Å²) in [5.74, 6) is -1.62. The van der Waals surface area contributed by atoms with Crippen molar-refractivity contribution in [2.75, 3.05) is 31.2 Å². The molecule has 3 rings (SSSR count). The molecule has 1 saturated heterocycles. The summed E-state index contributed by atoms with van der Waals surface area (Å²) in [5, 5.41) is 2.66. The Morgan fingerprint density at radius 2 is 1.96 bits per heavy atom. The van der Waals surface area contributed by atoms with Crippen molar-refractivity contribution in [3.63, 3.8) is 0 Å². The fourth-order valence-corrected chi connectivity index (χ4v) is 2.42. The van der Waals surface area contributed by atoms with Crippen molar-refractivity contribution < 1.29 is 18.3 Å². The first kappa shape index (κ1) is 16.3. The number of benzene rings is 1. The first-order valence-electron chi connectivity index (χ1n) is 7.64. The number of morpholine rings is 1. The summed E-state index contributed by atoms with van der Waals surface area (Å²) in [6, 6.07) is 6.83. The minimum Gasteiger partial charge on any atom is -0.378 e. The number of hydrogen-bond donors (Lipinski definition) is 1. The largest absolute Gasteiger partial charge is 0.378 e. The van der Waals surface area contributed by atoms with Crippen molar-refractivity contribution in [1.82, 2.24) is 10.3 Å². The van der Waals surface area contributed by atoms with Crippen LogP contribution < -0.4 is 10.2 Å². The second-order valence-corrected chi connectivity index (χ2v) is 5.44. The van der Waals surface area contributed by atoms with Crippen LogP contribution in [0.25, 0.3) is 0 Å². The van der Waals surface area contributed by atoms with E-state index in [1.54, 1.807) is 6.20 Å². The maximum absolute atomic E-state index is 13.1. The minimum absolute atomic E-state index is 0.0757. The number of hydrogen-bond acceptors (Lipinski definition) is 4. The maximum Gasteiger partial charge on any atom is 0.251 e. The van der Waals surface area contributed by atoms with Gasteiger partial charge in [0, 0.05) is 31.4 Å². The highest BCUT2D eigenvalue weighted by molar-refractivity contribution is 5.94. The highest BCUT2D eigenvalue weighted by Gasteiger charge is 2.12. The monoisotopic (exact) mass is 333 g/mol. The number of carbonyl (C=O) groups excluding carboxylic acids is 1. The van der Waals surface area contributed by atoms with Gasteiger partial charge in [0.2, 0.25) is 0 Å². The third kappa shape index (κ3) is 3.86. The van der Waals surface area contributed by atoms with Gasteiger partial charge in [0.25, 0.3) is 5.91 Å². The van der Waals surface area contributed by atoms with Crippen LogP contribution >= 0.6 is 0 Å². The van der Waals surface area contributed by atoms with E-state index in [9.17, 15) is 13.6 Å². The zero-order valence-corrected chi connectivity index (χ0v) is 13.0. The van der Waals surface area contributed by atoms with Gasteiger partial charge < -0.3 is 15.0 Å². The molecule has 1 aromatic heterocycles. The van der Waals surface area contributed by atoms with Crippen LogP contribution in [-0.4, -0.2) is 37.2 Å². The number of aromatic nitrogens is 1. The topological polar surface area (TPSA) is 54.5 Å². The SMILES string of the molecule is O=C(NCc1ccc(N2CCOCC2)nc1)c1ccc(F)c(F)c1. The molecule has 0 spiro atoms. The molecule has 0 aliphatic carbocycles. The van der Waals surface area contributed by atoms with Crippen LogP contribution in [-0.2, 0) is 11.3 Å².